The lowest BCUT2D eigenvalue weighted by Gasteiger charge is -2.18. The van der Waals surface area contributed by atoms with Crippen molar-refractivity contribution in [2.75, 3.05) is 31.6 Å². The van der Waals surface area contributed by atoms with Gasteiger partial charge in [-0.05, 0) is 31.6 Å². The van der Waals surface area contributed by atoms with Gasteiger partial charge >= 0.3 is 0 Å². The van der Waals surface area contributed by atoms with Crippen LogP contribution in [0.3, 0.4) is 0 Å². The van der Waals surface area contributed by atoms with Gasteiger partial charge in [0.05, 0.1) is 6.61 Å². The summed E-state index contributed by atoms with van der Waals surface area (Å²) in [6.07, 6.45) is 1.20. The molecule has 1 amide bonds. The average molecular weight is 309 g/mol. The van der Waals surface area contributed by atoms with Gasteiger partial charge in [0.2, 0.25) is 5.91 Å². The standard InChI is InChI=1S/C15H23N3O2S/c1-2-18(9-10-19)8-4-7-14(20)17-13-6-3-5-12(11-13)15(16)21/h3,5-6,11,19H,2,4,7-10H2,1H3,(H2,16,21)(H,17,20). The summed E-state index contributed by atoms with van der Waals surface area (Å²) in [4.78, 5) is 14.3. The molecule has 0 aromatic heterocycles. The lowest BCUT2D eigenvalue weighted by molar-refractivity contribution is -0.116. The van der Waals surface area contributed by atoms with E-state index < -0.39 is 0 Å². The Morgan fingerprint density at radius 1 is 1.43 bits per heavy atom. The van der Waals surface area contributed by atoms with Crippen molar-refractivity contribution in [2.24, 2.45) is 5.73 Å². The summed E-state index contributed by atoms with van der Waals surface area (Å²) in [6.45, 7) is 4.51. The first-order valence-corrected chi connectivity index (χ1v) is 7.50. The van der Waals surface area contributed by atoms with Crippen LogP contribution < -0.4 is 11.1 Å². The van der Waals surface area contributed by atoms with Crippen LogP contribution in [0.25, 0.3) is 0 Å². The van der Waals surface area contributed by atoms with Crippen LogP contribution >= 0.6 is 12.2 Å². The molecule has 5 nitrogen and oxygen atoms in total. The summed E-state index contributed by atoms with van der Waals surface area (Å²) in [5.41, 5.74) is 7.00. The highest BCUT2D eigenvalue weighted by Crippen LogP contribution is 2.11. The molecule has 0 bridgehead atoms. The summed E-state index contributed by atoms with van der Waals surface area (Å²) < 4.78 is 0. The fraction of sp³-hybridized carbons (Fsp3) is 0.467. The van der Waals surface area contributed by atoms with Crippen LogP contribution in [0.15, 0.2) is 24.3 Å². The Bertz CT molecular complexity index is 480. The average Bonchev–Trinajstić information content (AvgIpc) is 2.46. The molecule has 6 heteroatoms. The molecule has 0 heterocycles. The van der Waals surface area contributed by atoms with Crippen LogP contribution in [-0.2, 0) is 4.79 Å². The molecule has 0 aliphatic carbocycles. The van der Waals surface area contributed by atoms with E-state index >= 15 is 0 Å². The van der Waals surface area contributed by atoms with Crippen LogP contribution in [0.2, 0.25) is 0 Å². The molecule has 0 atom stereocenters. The molecule has 21 heavy (non-hydrogen) atoms. The third-order valence-electron chi connectivity index (χ3n) is 3.17. The Kier molecular flexibility index (Phi) is 7.89. The molecule has 1 rings (SSSR count). The number of anilines is 1. The van der Waals surface area contributed by atoms with Gasteiger partial charge in [0.25, 0.3) is 0 Å². The zero-order chi connectivity index (χ0) is 15.7. The maximum Gasteiger partial charge on any atom is 0.224 e. The van der Waals surface area contributed by atoms with Gasteiger partial charge < -0.3 is 21.1 Å². The second-order valence-electron chi connectivity index (χ2n) is 4.75. The molecule has 0 saturated heterocycles. The van der Waals surface area contributed by atoms with Crippen LogP contribution in [0.1, 0.15) is 25.3 Å². The molecule has 0 radical (unpaired) electrons. The van der Waals surface area contributed by atoms with Crippen LogP contribution in [0, 0.1) is 0 Å². The number of hydrogen-bond acceptors (Lipinski definition) is 4. The van der Waals surface area contributed by atoms with Crippen molar-refractivity contribution >= 4 is 28.8 Å². The number of carbonyl (C=O) groups is 1. The Hall–Kier alpha value is -1.50. The molecule has 0 unspecified atom stereocenters. The second-order valence-corrected chi connectivity index (χ2v) is 5.19. The number of rotatable bonds is 9. The summed E-state index contributed by atoms with van der Waals surface area (Å²) in [6, 6.07) is 7.20. The third-order valence-corrected chi connectivity index (χ3v) is 3.41. The zero-order valence-electron chi connectivity index (χ0n) is 12.3. The fourth-order valence-corrected chi connectivity index (χ4v) is 2.13. The minimum absolute atomic E-state index is 0.0323. The van der Waals surface area contributed by atoms with Crippen molar-refractivity contribution in [1.82, 2.24) is 4.90 Å². The van der Waals surface area contributed by atoms with E-state index in [1.54, 1.807) is 6.07 Å². The number of aliphatic hydroxyl groups excluding tert-OH is 1. The van der Waals surface area contributed by atoms with Gasteiger partial charge in [-0.2, -0.15) is 0 Å². The first-order chi connectivity index (χ1) is 10.1. The zero-order valence-corrected chi connectivity index (χ0v) is 13.2. The molecule has 0 fully saturated rings. The number of thiocarbonyl (C=S) groups is 1. The fourth-order valence-electron chi connectivity index (χ4n) is 2.01. The molecule has 0 aliphatic rings. The highest BCUT2D eigenvalue weighted by Gasteiger charge is 2.06. The second kappa shape index (κ2) is 9.44. The Morgan fingerprint density at radius 3 is 2.81 bits per heavy atom. The van der Waals surface area contributed by atoms with Gasteiger partial charge in [-0.1, -0.05) is 31.3 Å². The molecule has 116 valence electrons. The number of aliphatic hydroxyl groups is 1. The summed E-state index contributed by atoms with van der Waals surface area (Å²) >= 11 is 4.91. The van der Waals surface area contributed by atoms with Gasteiger partial charge in [0.15, 0.2) is 0 Å². The van der Waals surface area contributed by atoms with Crippen molar-refractivity contribution in [2.45, 2.75) is 19.8 Å². The van der Waals surface area contributed by atoms with Crippen LogP contribution in [0.4, 0.5) is 5.69 Å². The van der Waals surface area contributed by atoms with Crippen molar-refractivity contribution in [3.63, 3.8) is 0 Å². The van der Waals surface area contributed by atoms with E-state index in [0.717, 1.165) is 25.1 Å². The number of amides is 1. The van der Waals surface area contributed by atoms with E-state index in [1.807, 2.05) is 25.1 Å². The molecule has 0 spiro atoms. The lowest BCUT2D eigenvalue weighted by Crippen LogP contribution is -2.28. The van der Waals surface area contributed by atoms with Gasteiger partial charge in [0, 0.05) is 24.2 Å². The minimum atomic E-state index is -0.0323. The van der Waals surface area contributed by atoms with E-state index in [0.29, 0.717) is 23.6 Å². The van der Waals surface area contributed by atoms with Gasteiger partial charge in [-0.15, -0.1) is 0 Å². The molecule has 1 aromatic rings. The van der Waals surface area contributed by atoms with Crippen LogP contribution in [0.5, 0.6) is 0 Å². The predicted molar refractivity (Wildman–Crippen MR) is 89.4 cm³/mol. The number of carbonyl (C=O) groups excluding carboxylic acids is 1. The third kappa shape index (κ3) is 6.66. The molecular weight excluding hydrogens is 286 g/mol. The van der Waals surface area contributed by atoms with Crippen molar-refractivity contribution in [3.8, 4) is 0 Å². The van der Waals surface area contributed by atoms with Gasteiger partial charge in [-0.25, -0.2) is 0 Å². The number of hydrogen-bond donors (Lipinski definition) is 3. The van der Waals surface area contributed by atoms with Crippen molar-refractivity contribution < 1.29 is 9.90 Å². The monoisotopic (exact) mass is 309 g/mol. The Balaban J connectivity index is 2.40. The maximum atomic E-state index is 11.9. The highest BCUT2D eigenvalue weighted by atomic mass is 32.1. The van der Waals surface area contributed by atoms with E-state index in [-0.39, 0.29) is 12.5 Å². The number of benzene rings is 1. The summed E-state index contributed by atoms with van der Waals surface area (Å²) in [5, 5.41) is 11.7. The Labute approximate surface area is 131 Å². The number of nitrogens with zero attached hydrogens (tertiary/aromatic N) is 1. The molecule has 0 saturated carbocycles. The topological polar surface area (TPSA) is 78.6 Å². The molecule has 1 aromatic carbocycles. The predicted octanol–water partition coefficient (Wildman–Crippen LogP) is 1.35. The number of nitrogens with one attached hydrogen (secondary N) is 1. The van der Waals surface area contributed by atoms with E-state index in [1.165, 1.54) is 0 Å². The maximum absolute atomic E-state index is 11.9. The van der Waals surface area contributed by atoms with Gasteiger partial charge in [0.1, 0.15) is 4.99 Å². The first kappa shape index (κ1) is 17.6. The smallest absolute Gasteiger partial charge is 0.224 e. The van der Waals surface area contributed by atoms with E-state index in [2.05, 4.69) is 10.2 Å². The number of likely N-dealkylation sites (N-methyl/N-ethyl adjacent to an activating group) is 1. The van der Waals surface area contributed by atoms with E-state index in [9.17, 15) is 4.79 Å². The first-order valence-electron chi connectivity index (χ1n) is 7.09. The minimum Gasteiger partial charge on any atom is -0.395 e. The SMILES string of the molecule is CCN(CCO)CCCC(=O)Nc1cccc(C(N)=S)c1. The molecule has 4 N–H and O–H groups in total. The molecular formula is C15H23N3O2S. The van der Waals surface area contributed by atoms with Gasteiger partial charge in [-0.3, -0.25) is 4.79 Å². The van der Waals surface area contributed by atoms with E-state index in [4.69, 9.17) is 23.1 Å². The van der Waals surface area contributed by atoms with Crippen molar-refractivity contribution in [1.29, 1.82) is 0 Å². The van der Waals surface area contributed by atoms with Crippen LogP contribution in [-0.4, -0.2) is 47.1 Å². The van der Waals surface area contributed by atoms with Crippen molar-refractivity contribution in [3.05, 3.63) is 29.8 Å². The Morgan fingerprint density at radius 2 is 2.19 bits per heavy atom. The summed E-state index contributed by atoms with van der Waals surface area (Å²) in [5.74, 6) is -0.0323. The lowest BCUT2D eigenvalue weighted by atomic mass is 10.2. The normalized spacial score (nSPS) is 10.6. The quantitative estimate of drug-likeness (QED) is 0.600. The summed E-state index contributed by atoms with van der Waals surface area (Å²) in [7, 11) is 0. The highest BCUT2D eigenvalue weighted by molar-refractivity contribution is 7.80. The number of nitrogens with two attached hydrogens (primary N) is 1. The molecule has 0 aliphatic heterocycles. The largest absolute Gasteiger partial charge is 0.395 e.